The third kappa shape index (κ3) is 1.83. The van der Waals surface area contributed by atoms with Gasteiger partial charge < -0.3 is 5.11 Å². The second-order valence-electron chi connectivity index (χ2n) is 3.81. The van der Waals surface area contributed by atoms with Gasteiger partial charge in [-0.05, 0) is 30.3 Å². The first-order valence-corrected chi connectivity index (χ1v) is 5.33. The number of benzene rings is 1. The lowest BCUT2D eigenvalue weighted by atomic mass is 10.1. The zero-order valence-electron chi connectivity index (χ0n) is 9.04. The molecule has 0 atom stereocenters. The minimum absolute atomic E-state index is 0.177. The van der Waals surface area contributed by atoms with Gasteiger partial charge in [0.05, 0.1) is 17.4 Å². The van der Waals surface area contributed by atoms with Crippen LogP contribution in [0, 0.1) is 0 Å². The molecular weight excluding hydrogens is 212 g/mol. The van der Waals surface area contributed by atoms with E-state index in [-0.39, 0.29) is 5.75 Å². The van der Waals surface area contributed by atoms with E-state index in [1.54, 1.807) is 18.3 Å². The van der Waals surface area contributed by atoms with Gasteiger partial charge in [-0.1, -0.05) is 12.1 Å². The van der Waals surface area contributed by atoms with E-state index in [2.05, 4.69) is 9.97 Å². The van der Waals surface area contributed by atoms with Crippen molar-refractivity contribution < 1.29 is 5.11 Å². The molecule has 0 unspecified atom stereocenters. The van der Waals surface area contributed by atoms with Crippen LogP contribution < -0.4 is 0 Å². The van der Waals surface area contributed by atoms with Crippen LogP contribution in [0.25, 0.3) is 22.2 Å². The Balaban J connectivity index is 2.14. The summed E-state index contributed by atoms with van der Waals surface area (Å²) in [4.78, 5) is 8.45. The Morgan fingerprint density at radius 1 is 0.941 bits per heavy atom. The van der Waals surface area contributed by atoms with Crippen molar-refractivity contribution >= 4 is 10.9 Å². The van der Waals surface area contributed by atoms with Crippen LogP contribution in [0.15, 0.2) is 54.9 Å². The molecule has 3 rings (SSSR count). The van der Waals surface area contributed by atoms with Gasteiger partial charge in [0.2, 0.25) is 0 Å². The number of hydrogen-bond donors (Lipinski definition) is 1. The molecule has 0 saturated carbocycles. The maximum Gasteiger partial charge on any atom is 0.133 e. The van der Waals surface area contributed by atoms with Gasteiger partial charge in [0.15, 0.2) is 0 Å². The smallest absolute Gasteiger partial charge is 0.133 e. The molecule has 2 heterocycles. The van der Waals surface area contributed by atoms with Gasteiger partial charge in [0, 0.05) is 17.1 Å². The first-order chi connectivity index (χ1) is 8.33. The van der Waals surface area contributed by atoms with Crippen molar-refractivity contribution in [2.75, 3.05) is 0 Å². The number of hydrogen-bond acceptors (Lipinski definition) is 3. The molecule has 82 valence electrons. The lowest BCUT2D eigenvalue weighted by Crippen LogP contribution is -1.84. The monoisotopic (exact) mass is 222 g/mol. The fraction of sp³-hybridized carbons (Fsp3) is 0. The minimum atomic E-state index is 0.177. The van der Waals surface area contributed by atoms with Crippen LogP contribution in [0.3, 0.4) is 0 Å². The van der Waals surface area contributed by atoms with E-state index in [0.717, 1.165) is 22.2 Å². The van der Waals surface area contributed by atoms with E-state index in [4.69, 9.17) is 0 Å². The van der Waals surface area contributed by atoms with E-state index in [0.29, 0.717) is 0 Å². The van der Waals surface area contributed by atoms with Gasteiger partial charge in [-0.3, -0.25) is 9.97 Å². The molecule has 0 bridgehead atoms. The van der Waals surface area contributed by atoms with Crippen molar-refractivity contribution in [2.24, 2.45) is 0 Å². The summed E-state index contributed by atoms with van der Waals surface area (Å²) in [7, 11) is 0. The van der Waals surface area contributed by atoms with Gasteiger partial charge >= 0.3 is 0 Å². The molecule has 0 saturated heterocycles. The second kappa shape index (κ2) is 3.87. The van der Waals surface area contributed by atoms with Crippen molar-refractivity contribution in [1.29, 1.82) is 0 Å². The molecule has 3 aromatic rings. The quantitative estimate of drug-likeness (QED) is 0.688. The molecular formula is C14H10N2O. The fourth-order valence-corrected chi connectivity index (χ4v) is 1.79. The maximum atomic E-state index is 9.20. The number of aromatic hydroxyl groups is 1. The molecule has 0 aliphatic rings. The highest BCUT2D eigenvalue weighted by Gasteiger charge is 2.01. The highest BCUT2D eigenvalue weighted by atomic mass is 16.3. The Morgan fingerprint density at radius 3 is 2.71 bits per heavy atom. The van der Waals surface area contributed by atoms with Crippen LogP contribution in [0.1, 0.15) is 0 Å². The highest BCUT2D eigenvalue weighted by Crippen LogP contribution is 2.22. The van der Waals surface area contributed by atoms with Crippen LogP contribution in [0.4, 0.5) is 0 Å². The standard InChI is InChI=1S/C14H10N2O/c17-12-4-6-14(16-9-12)11-3-5-13-10(8-11)2-1-7-15-13/h1-9,17H. The average Bonchev–Trinajstić information content (AvgIpc) is 2.39. The van der Waals surface area contributed by atoms with Crippen molar-refractivity contribution in [3.05, 3.63) is 54.9 Å². The van der Waals surface area contributed by atoms with Gasteiger partial charge in [-0.2, -0.15) is 0 Å². The van der Waals surface area contributed by atoms with Crippen molar-refractivity contribution in [3.8, 4) is 17.0 Å². The summed E-state index contributed by atoms with van der Waals surface area (Å²) in [5.41, 5.74) is 2.83. The Bertz CT molecular complexity index is 662. The van der Waals surface area contributed by atoms with E-state index in [1.807, 2.05) is 30.3 Å². The zero-order valence-corrected chi connectivity index (χ0v) is 9.04. The van der Waals surface area contributed by atoms with Crippen LogP contribution in [0.2, 0.25) is 0 Å². The molecule has 0 radical (unpaired) electrons. The SMILES string of the molecule is Oc1ccc(-c2ccc3ncccc3c2)nc1. The topological polar surface area (TPSA) is 46.0 Å². The predicted octanol–water partition coefficient (Wildman–Crippen LogP) is 3.00. The molecule has 0 spiro atoms. The number of nitrogens with zero attached hydrogens (tertiary/aromatic N) is 2. The Labute approximate surface area is 98.4 Å². The lowest BCUT2D eigenvalue weighted by Gasteiger charge is -2.02. The summed E-state index contributed by atoms with van der Waals surface area (Å²) in [6, 6.07) is 13.4. The molecule has 2 aromatic heterocycles. The minimum Gasteiger partial charge on any atom is -0.506 e. The normalized spacial score (nSPS) is 10.6. The van der Waals surface area contributed by atoms with Gasteiger partial charge in [0.25, 0.3) is 0 Å². The summed E-state index contributed by atoms with van der Waals surface area (Å²) in [6.45, 7) is 0. The van der Waals surface area contributed by atoms with Crippen molar-refractivity contribution in [3.63, 3.8) is 0 Å². The molecule has 0 fully saturated rings. The van der Waals surface area contributed by atoms with Gasteiger partial charge in [-0.25, -0.2) is 0 Å². The second-order valence-corrected chi connectivity index (χ2v) is 3.81. The maximum absolute atomic E-state index is 9.20. The third-order valence-corrected chi connectivity index (χ3v) is 2.65. The molecule has 1 aromatic carbocycles. The van der Waals surface area contributed by atoms with Crippen LogP contribution in [-0.4, -0.2) is 15.1 Å². The summed E-state index contributed by atoms with van der Waals surface area (Å²) in [5.74, 6) is 0.177. The molecule has 17 heavy (non-hydrogen) atoms. The summed E-state index contributed by atoms with van der Waals surface area (Å²) in [6.07, 6.45) is 3.23. The molecule has 0 aliphatic heterocycles. The number of rotatable bonds is 1. The lowest BCUT2D eigenvalue weighted by molar-refractivity contribution is 0.473. The number of fused-ring (bicyclic) bond motifs is 1. The van der Waals surface area contributed by atoms with E-state index < -0.39 is 0 Å². The first-order valence-electron chi connectivity index (χ1n) is 5.33. The van der Waals surface area contributed by atoms with Crippen LogP contribution in [0.5, 0.6) is 5.75 Å². The Kier molecular flexibility index (Phi) is 2.22. The third-order valence-electron chi connectivity index (χ3n) is 2.65. The summed E-state index contributed by atoms with van der Waals surface area (Å²) >= 11 is 0. The molecule has 3 nitrogen and oxygen atoms in total. The largest absolute Gasteiger partial charge is 0.506 e. The fourth-order valence-electron chi connectivity index (χ4n) is 1.79. The van der Waals surface area contributed by atoms with E-state index in [9.17, 15) is 5.11 Å². The van der Waals surface area contributed by atoms with Crippen LogP contribution >= 0.6 is 0 Å². The van der Waals surface area contributed by atoms with Crippen molar-refractivity contribution in [2.45, 2.75) is 0 Å². The molecule has 1 N–H and O–H groups in total. The highest BCUT2D eigenvalue weighted by molar-refractivity contribution is 5.83. The summed E-state index contributed by atoms with van der Waals surface area (Å²) in [5, 5.41) is 10.3. The molecule has 0 amide bonds. The predicted molar refractivity (Wildman–Crippen MR) is 66.6 cm³/mol. The van der Waals surface area contributed by atoms with Crippen molar-refractivity contribution in [1.82, 2.24) is 9.97 Å². The van der Waals surface area contributed by atoms with E-state index >= 15 is 0 Å². The van der Waals surface area contributed by atoms with E-state index in [1.165, 1.54) is 6.20 Å². The Morgan fingerprint density at radius 2 is 1.88 bits per heavy atom. The average molecular weight is 222 g/mol. The number of pyridine rings is 2. The first kappa shape index (κ1) is 9.78. The molecule has 0 aliphatic carbocycles. The summed E-state index contributed by atoms with van der Waals surface area (Å²) < 4.78 is 0. The van der Waals surface area contributed by atoms with Gasteiger partial charge in [-0.15, -0.1) is 0 Å². The molecule has 3 heteroatoms. The van der Waals surface area contributed by atoms with Crippen LogP contribution in [-0.2, 0) is 0 Å². The number of aromatic nitrogens is 2. The van der Waals surface area contributed by atoms with Gasteiger partial charge in [0.1, 0.15) is 5.75 Å². The zero-order chi connectivity index (χ0) is 11.7. The Hall–Kier alpha value is -2.42.